The van der Waals surface area contributed by atoms with Gasteiger partial charge in [-0.25, -0.2) is 0 Å². The van der Waals surface area contributed by atoms with Crippen LogP contribution < -0.4 is 5.32 Å². The molecule has 0 radical (unpaired) electrons. The lowest BCUT2D eigenvalue weighted by molar-refractivity contribution is -0.168. The standard InChI is InChI=1S/C10H21NO3/c1-11-5-7-12-8-9-14-10-4-2-3-6-13-10/h10-11H,2-9H2,1H3. The molecule has 1 heterocycles. The summed E-state index contributed by atoms with van der Waals surface area (Å²) in [5.41, 5.74) is 0. The third kappa shape index (κ3) is 5.54. The Morgan fingerprint density at radius 2 is 2.21 bits per heavy atom. The highest BCUT2D eigenvalue weighted by atomic mass is 16.7. The summed E-state index contributed by atoms with van der Waals surface area (Å²) >= 11 is 0. The molecular weight excluding hydrogens is 182 g/mol. The minimum absolute atomic E-state index is 0.0108. The van der Waals surface area contributed by atoms with Crippen LogP contribution in [0.4, 0.5) is 0 Å². The maximum Gasteiger partial charge on any atom is 0.157 e. The van der Waals surface area contributed by atoms with E-state index in [1.165, 1.54) is 12.8 Å². The average molecular weight is 203 g/mol. The van der Waals surface area contributed by atoms with E-state index in [1.54, 1.807) is 0 Å². The predicted molar refractivity (Wildman–Crippen MR) is 54.3 cm³/mol. The number of ether oxygens (including phenoxy) is 3. The van der Waals surface area contributed by atoms with E-state index in [4.69, 9.17) is 14.2 Å². The van der Waals surface area contributed by atoms with Crippen molar-refractivity contribution in [3.05, 3.63) is 0 Å². The van der Waals surface area contributed by atoms with E-state index < -0.39 is 0 Å². The first-order valence-corrected chi connectivity index (χ1v) is 5.39. The molecule has 4 heteroatoms. The SMILES string of the molecule is CNCCOCCOC1CCCCO1. The van der Waals surface area contributed by atoms with Crippen molar-refractivity contribution in [1.82, 2.24) is 5.32 Å². The molecule has 1 N–H and O–H groups in total. The van der Waals surface area contributed by atoms with Gasteiger partial charge in [0.15, 0.2) is 6.29 Å². The summed E-state index contributed by atoms with van der Waals surface area (Å²) in [4.78, 5) is 0. The Balaban J connectivity index is 1.82. The van der Waals surface area contributed by atoms with Crippen LogP contribution in [-0.4, -0.2) is 46.3 Å². The summed E-state index contributed by atoms with van der Waals surface area (Å²) in [7, 11) is 1.91. The molecule has 1 unspecified atom stereocenters. The molecule has 0 aromatic carbocycles. The van der Waals surface area contributed by atoms with E-state index in [-0.39, 0.29) is 6.29 Å². The lowest BCUT2D eigenvalue weighted by Gasteiger charge is -2.22. The fraction of sp³-hybridized carbons (Fsp3) is 1.00. The molecule has 0 aliphatic carbocycles. The minimum atomic E-state index is 0.0108. The molecule has 1 aliphatic heterocycles. The zero-order valence-electron chi connectivity index (χ0n) is 8.96. The summed E-state index contributed by atoms with van der Waals surface area (Å²) in [6.45, 7) is 3.76. The fourth-order valence-corrected chi connectivity index (χ4v) is 1.36. The summed E-state index contributed by atoms with van der Waals surface area (Å²) < 4.78 is 16.2. The number of hydrogen-bond acceptors (Lipinski definition) is 4. The number of rotatable bonds is 7. The smallest absolute Gasteiger partial charge is 0.157 e. The Labute approximate surface area is 85.9 Å². The van der Waals surface area contributed by atoms with Crippen molar-refractivity contribution >= 4 is 0 Å². The van der Waals surface area contributed by atoms with Crippen LogP contribution in [0.3, 0.4) is 0 Å². The molecule has 1 fully saturated rings. The van der Waals surface area contributed by atoms with Gasteiger partial charge in [0.1, 0.15) is 0 Å². The molecule has 84 valence electrons. The van der Waals surface area contributed by atoms with E-state index in [9.17, 15) is 0 Å². The Morgan fingerprint density at radius 1 is 1.29 bits per heavy atom. The van der Waals surface area contributed by atoms with Crippen molar-refractivity contribution in [2.45, 2.75) is 25.6 Å². The van der Waals surface area contributed by atoms with Crippen LogP contribution in [0.5, 0.6) is 0 Å². The highest BCUT2D eigenvalue weighted by Gasteiger charge is 2.13. The molecule has 0 amide bonds. The summed E-state index contributed by atoms with van der Waals surface area (Å²) in [6.07, 6.45) is 3.41. The summed E-state index contributed by atoms with van der Waals surface area (Å²) in [5, 5.41) is 3.02. The van der Waals surface area contributed by atoms with E-state index in [0.717, 1.165) is 26.2 Å². The first-order chi connectivity index (χ1) is 6.93. The Kier molecular flexibility index (Phi) is 6.95. The van der Waals surface area contributed by atoms with Crippen molar-refractivity contribution in [3.63, 3.8) is 0 Å². The van der Waals surface area contributed by atoms with E-state index in [0.29, 0.717) is 13.2 Å². The van der Waals surface area contributed by atoms with E-state index >= 15 is 0 Å². The van der Waals surface area contributed by atoms with Crippen LogP contribution in [0, 0.1) is 0 Å². The summed E-state index contributed by atoms with van der Waals surface area (Å²) in [5.74, 6) is 0. The number of hydrogen-bond donors (Lipinski definition) is 1. The first kappa shape index (κ1) is 11.9. The molecule has 0 aromatic heterocycles. The maximum atomic E-state index is 5.50. The molecule has 0 bridgehead atoms. The van der Waals surface area contributed by atoms with Crippen molar-refractivity contribution < 1.29 is 14.2 Å². The quantitative estimate of drug-likeness (QED) is 0.620. The molecule has 1 saturated heterocycles. The van der Waals surface area contributed by atoms with Gasteiger partial charge in [-0.1, -0.05) is 0 Å². The van der Waals surface area contributed by atoms with Gasteiger partial charge in [0, 0.05) is 13.2 Å². The second-order valence-corrected chi connectivity index (χ2v) is 3.38. The molecule has 14 heavy (non-hydrogen) atoms. The topological polar surface area (TPSA) is 39.7 Å². The van der Waals surface area contributed by atoms with Crippen molar-refractivity contribution in [3.8, 4) is 0 Å². The third-order valence-corrected chi connectivity index (χ3v) is 2.17. The molecule has 1 atom stereocenters. The Bertz CT molecular complexity index is 127. The van der Waals surface area contributed by atoms with Crippen LogP contribution >= 0.6 is 0 Å². The zero-order chi connectivity index (χ0) is 10.1. The largest absolute Gasteiger partial charge is 0.378 e. The van der Waals surface area contributed by atoms with Gasteiger partial charge < -0.3 is 19.5 Å². The Morgan fingerprint density at radius 3 is 2.93 bits per heavy atom. The molecule has 4 nitrogen and oxygen atoms in total. The maximum absolute atomic E-state index is 5.50. The monoisotopic (exact) mass is 203 g/mol. The molecule has 0 aromatic rings. The fourth-order valence-electron chi connectivity index (χ4n) is 1.36. The normalized spacial score (nSPS) is 22.5. The second-order valence-electron chi connectivity index (χ2n) is 3.38. The zero-order valence-corrected chi connectivity index (χ0v) is 8.96. The van der Waals surface area contributed by atoms with Crippen LogP contribution in [0.15, 0.2) is 0 Å². The summed E-state index contributed by atoms with van der Waals surface area (Å²) in [6, 6.07) is 0. The van der Waals surface area contributed by atoms with Gasteiger partial charge in [-0.3, -0.25) is 0 Å². The lowest BCUT2D eigenvalue weighted by atomic mass is 10.2. The molecular formula is C10H21NO3. The van der Waals surface area contributed by atoms with Crippen LogP contribution in [0.2, 0.25) is 0 Å². The minimum Gasteiger partial charge on any atom is -0.378 e. The van der Waals surface area contributed by atoms with E-state index in [2.05, 4.69) is 5.32 Å². The third-order valence-electron chi connectivity index (χ3n) is 2.17. The van der Waals surface area contributed by atoms with Crippen LogP contribution in [0.25, 0.3) is 0 Å². The van der Waals surface area contributed by atoms with Gasteiger partial charge in [0.2, 0.25) is 0 Å². The predicted octanol–water partition coefficient (Wildman–Crippen LogP) is 0.766. The molecule has 0 saturated carbocycles. The van der Waals surface area contributed by atoms with Gasteiger partial charge in [0.05, 0.1) is 19.8 Å². The van der Waals surface area contributed by atoms with Crippen molar-refractivity contribution in [2.75, 3.05) is 40.0 Å². The van der Waals surface area contributed by atoms with Crippen molar-refractivity contribution in [2.24, 2.45) is 0 Å². The highest BCUT2D eigenvalue weighted by molar-refractivity contribution is 4.53. The average Bonchev–Trinajstić information content (AvgIpc) is 2.25. The number of likely N-dealkylation sites (N-methyl/N-ethyl adjacent to an activating group) is 1. The first-order valence-electron chi connectivity index (χ1n) is 5.39. The number of nitrogens with one attached hydrogen (secondary N) is 1. The molecule has 1 aliphatic rings. The van der Waals surface area contributed by atoms with Gasteiger partial charge in [0.25, 0.3) is 0 Å². The van der Waals surface area contributed by atoms with Gasteiger partial charge >= 0.3 is 0 Å². The Hall–Kier alpha value is -0.160. The van der Waals surface area contributed by atoms with Gasteiger partial charge in [-0.05, 0) is 26.3 Å². The van der Waals surface area contributed by atoms with Crippen LogP contribution in [0.1, 0.15) is 19.3 Å². The lowest BCUT2D eigenvalue weighted by Crippen LogP contribution is -2.24. The van der Waals surface area contributed by atoms with Crippen LogP contribution in [-0.2, 0) is 14.2 Å². The van der Waals surface area contributed by atoms with Gasteiger partial charge in [-0.2, -0.15) is 0 Å². The van der Waals surface area contributed by atoms with Gasteiger partial charge in [-0.15, -0.1) is 0 Å². The van der Waals surface area contributed by atoms with Crippen molar-refractivity contribution in [1.29, 1.82) is 0 Å². The van der Waals surface area contributed by atoms with E-state index in [1.807, 2.05) is 7.05 Å². The molecule has 1 rings (SSSR count). The molecule has 0 spiro atoms. The second kappa shape index (κ2) is 8.17. The highest BCUT2D eigenvalue weighted by Crippen LogP contribution is 2.13.